The first-order valence-corrected chi connectivity index (χ1v) is 7.91. The molecule has 0 radical (unpaired) electrons. The molecule has 2 aromatic rings. The smallest absolute Gasteiger partial charge is 0.252 e. The Labute approximate surface area is 136 Å². The summed E-state index contributed by atoms with van der Waals surface area (Å²) in [6.07, 6.45) is 1.19. The summed E-state index contributed by atoms with van der Waals surface area (Å²) < 4.78 is 0. The molecule has 1 heterocycles. The maximum absolute atomic E-state index is 12.5. The van der Waals surface area contributed by atoms with Crippen LogP contribution in [0.2, 0.25) is 0 Å². The van der Waals surface area contributed by atoms with Gasteiger partial charge in [-0.05, 0) is 29.7 Å². The molecule has 0 saturated carbocycles. The van der Waals surface area contributed by atoms with Gasteiger partial charge in [-0.15, -0.1) is 0 Å². The van der Waals surface area contributed by atoms with E-state index >= 15 is 0 Å². The van der Waals surface area contributed by atoms with E-state index in [1.165, 1.54) is 10.5 Å². The number of aryl methyl sites for hydroxylation is 1. The second kappa shape index (κ2) is 6.65. The molecule has 2 amide bonds. The Morgan fingerprint density at radius 2 is 1.70 bits per heavy atom. The average molecular weight is 308 g/mol. The zero-order valence-corrected chi connectivity index (χ0v) is 13.2. The van der Waals surface area contributed by atoms with E-state index in [1.54, 1.807) is 0 Å². The molecule has 0 bridgehead atoms. The van der Waals surface area contributed by atoms with Crippen molar-refractivity contribution in [3.63, 3.8) is 0 Å². The summed E-state index contributed by atoms with van der Waals surface area (Å²) in [5.41, 5.74) is 3.08. The normalized spacial score (nSPS) is 17.6. The van der Waals surface area contributed by atoms with Crippen LogP contribution in [0, 0.1) is 0 Å². The zero-order chi connectivity index (χ0) is 16.2. The molecule has 0 unspecified atom stereocenters. The van der Waals surface area contributed by atoms with Gasteiger partial charge in [0.1, 0.15) is 6.04 Å². The average Bonchev–Trinajstić information content (AvgIpc) is 2.84. The summed E-state index contributed by atoms with van der Waals surface area (Å²) in [5.74, 6) is -0.278. The predicted molar refractivity (Wildman–Crippen MR) is 89.8 cm³/mol. The van der Waals surface area contributed by atoms with Gasteiger partial charge < -0.3 is 5.32 Å². The Morgan fingerprint density at radius 3 is 2.35 bits per heavy atom. The maximum atomic E-state index is 12.5. The summed E-state index contributed by atoms with van der Waals surface area (Å²) in [6.45, 7) is 2.44. The topological polar surface area (TPSA) is 49.4 Å². The van der Waals surface area contributed by atoms with E-state index in [0.29, 0.717) is 6.54 Å². The molecule has 1 N–H and O–H groups in total. The number of imide groups is 1. The standard InChI is InChI=1S/C19H20N2O2/c1-2-14-8-10-16(11-9-14)20-17-12-18(22)21(19(17)23)13-15-6-4-3-5-7-15/h3-11,17,20H,2,12-13H2,1H3/t17-/m0/s1. The Morgan fingerprint density at radius 1 is 1.00 bits per heavy atom. The third kappa shape index (κ3) is 3.42. The number of benzene rings is 2. The Balaban J connectivity index is 1.68. The fourth-order valence-electron chi connectivity index (χ4n) is 2.77. The fourth-order valence-corrected chi connectivity index (χ4v) is 2.77. The lowest BCUT2D eigenvalue weighted by molar-refractivity contribution is -0.139. The fraction of sp³-hybridized carbons (Fsp3) is 0.263. The summed E-state index contributed by atoms with van der Waals surface area (Å²) in [7, 11) is 0. The number of rotatable bonds is 5. The van der Waals surface area contributed by atoms with Gasteiger partial charge in [-0.1, -0.05) is 49.4 Å². The number of anilines is 1. The SMILES string of the molecule is CCc1ccc(N[C@H]2CC(=O)N(Cc3ccccc3)C2=O)cc1. The van der Waals surface area contributed by atoms with Crippen molar-refractivity contribution in [3.05, 3.63) is 65.7 Å². The quantitative estimate of drug-likeness (QED) is 0.864. The van der Waals surface area contributed by atoms with Crippen molar-refractivity contribution in [3.8, 4) is 0 Å². The molecule has 4 nitrogen and oxygen atoms in total. The number of hydrogen-bond donors (Lipinski definition) is 1. The number of carbonyl (C=O) groups excluding carboxylic acids is 2. The minimum absolute atomic E-state index is 0.124. The summed E-state index contributed by atoms with van der Waals surface area (Å²) >= 11 is 0. The monoisotopic (exact) mass is 308 g/mol. The minimum Gasteiger partial charge on any atom is -0.373 e. The molecule has 2 aromatic carbocycles. The number of likely N-dealkylation sites (tertiary alicyclic amines) is 1. The summed E-state index contributed by atoms with van der Waals surface area (Å²) in [6, 6.07) is 17.1. The van der Waals surface area contributed by atoms with Gasteiger partial charge in [-0.25, -0.2) is 0 Å². The van der Waals surface area contributed by atoms with E-state index in [1.807, 2.05) is 54.6 Å². The highest BCUT2D eigenvalue weighted by atomic mass is 16.2. The number of amides is 2. The Hall–Kier alpha value is -2.62. The Kier molecular flexibility index (Phi) is 4.42. The van der Waals surface area contributed by atoms with Crippen molar-refractivity contribution in [2.75, 3.05) is 5.32 Å². The van der Waals surface area contributed by atoms with E-state index in [0.717, 1.165) is 17.7 Å². The highest BCUT2D eigenvalue weighted by molar-refractivity contribution is 6.06. The van der Waals surface area contributed by atoms with Crippen LogP contribution in [0.3, 0.4) is 0 Å². The first-order valence-electron chi connectivity index (χ1n) is 7.91. The molecule has 0 aliphatic carbocycles. The first-order chi connectivity index (χ1) is 11.2. The molecule has 3 rings (SSSR count). The minimum atomic E-state index is -0.473. The van der Waals surface area contributed by atoms with E-state index in [2.05, 4.69) is 12.2 Å². The van der Waals surface area contributed by atoms with E-state index in [4.69, 9.17) is 0 Å². The zero-order valence-electron chi connectivity index (χ0n) is 13.2. The van der Waals surface area contributed by atoms with Crippen molar-refractivity contribution in [1.82, 2.24) is 4.90 Å². The number of nitrogens with one attached hydrogen (secondary N) is 1. The molecule has 0 aromatic heterocycles. The highest BCUT2D eigenvalue weighted by Crippen LogP contribution is 2.21. The van der Waals surface area contributed by atoms with Crippen LogP contribution >= 0.6 is 0 Å². The van der Waals surface area contributed by atoms with Gasteiger partial charge in [0.15, 0.2) is 0 Å². The van der Waals surface area contributed by atoms with E-state index in [9.17, 15) is 9.59 Å². The second-order valence-electron chi connectivity index (χ2n) is 5.76. The largest absolute Gasteiger partial charge is 0.373 e. The van der Waals surface area contributed by atoms with Gasteiger partial charge in [0, 0.05) is 5.69 Å². The van der Waals surface area contributed by atoms with Gasteiger partial charge in [0.2, 0.25) is 5.91 Å². The van der Waals surface area contributed by atoms with Gasteiger partial charge in [-0.2, -0.15) is 0 Å². The van der Waals surface area contributed by atoms with Crippen molar-refractivity contribution in [1.29, 1.82) is 0 Å². The van der Waals surface area contributed by atoms with Crippen LogP contribution in [0.1, 0.15) is 24.5 Å². The number of carbonyl (C=O) groups is 2. The molecular weight excluding hydrogens is 288 g/mol. The van der Waals surface area contributed by atoms with Gasteiger partial charge in [0.25, 0.3) is 5.91 Å². The van der Waals surface area contributed by atoms with Gasteiger partial charge >= 0.3 is 0 Å². The molecule has 23 heavy (non-hydrogen) atoms. The predicted octanol–water partition coefficient (Wildman–Crippen LogP) is 2.99. The molecule has 1 fully saturated rings. The molecule has 1 saturated heterocycles. The first kappa shape index (κ1) is 15.3. The van der Waals surface area contributed by atoms with Crippen LogP contribution in [0.4, 0.5) is 5.69 Å². The van der Waals surface area contributed by atoms with Crippen LogP contribution in [0.5, 0.6) is 0 Å². The van der Waals surface area contributed by atoms with E-state index in [-0.39, 0.29) is 18.2 Å². The summed E-state index contributed by atoms with van der Waals surface area (Å²) in [4.78, 5) is 26.0. The van der Waals surface area contributed by atoms with Crippen molar-refractivity contribution >= 4 is 17.5 Å². The molecule has 4 heteroatoms. The van der Waals surface area contributed by atoms with Crippen molar-refractivity contribution in [2.45, 2.75) is 32.4 Å². The third-order valence-corrected chi connectivity index (χ3v) is 4.13. The molecular formula is C19H20N2O2. The molecule has 0 spiro atoms. The Bertz CT molecular complexity index is 695. The van der Waals surface area contributed by atoms with Crippen LogP contribution in [0.25, 0.3) is 0 Å². The van der Waals surface area contributed by atoms with Crippen molar-refractivity contribution < 1.29 is 9.59 Å². The van der Waals surface area contributed by atoms with Gasteiger partial charge in [-0.3, -0.25) is 14.5 Å². The molecule has 118 valence electrons. The van der Waals surface area contributed by atoms with Crippen LogP contribution < -0.4 is 5.32 Å². The van der Waals surface area contributed by atoms with E-state index < -0.39 is 6.04 Å². The maximum Gasteiger partial charge on any atom is 0.252 e. The van der Waals surface area contributed by atoms with Crippen molar-refractivity contribution in [2.24, 2.45) is 0 Å². The second-order valence-corrected chi connectivity index (χ2v) is 5.76. The summed E-state index contributed by atoms with van der Waals surface area (Å²) in [5, 5.41) is 3.18. The molecule has 1 aliphatic rings. The lowest BCUT2D eigenvalue weighted by Gasteiger charge is -2.16. The van der Waals surface area contributed by atoms with Crippen LogP contribution in [-0.4, -0.2) is 22.8 Å². The third-order valence-electron chi connectivity index (χ3n) is 4.13. The molecule has 1 atom stereocenters. The molecule has 1 aliphatic heterocycles. The number of nitrogens with zero attached hydrogens (tertiary/aromatic N) is 1. The highest BCUT2D eigenvalue weighted by Gasteiger charge is 2.38. The lowest BCUT2D eigenvalue weighted by Crippen LogP contribution is -2.34. The lowest BCUT2D eigenvalue weighted by atomic mass is 10.1. The van der Waals surface area contributed by atoms with Gasteiger partial charge in [0.05, 0.1) is 13.0 Å². The number of hydrogen-bond acceptors (Lipinski definition) is 3. The van der Waals surface area contributed by atoms with Crippen LogP contribution in [0.15, 0.2) is 54.6 Å². The van der Waals surface area contributed by atoms with Crippen LogP contribution in [-0.2, 0) is 22.6 Å².